The number of pyridine rings is 1. The number of hydrogen-bond acceptors (Lipinski definition) is 4. The number of carbonyl (C=O) groups is 2. The van der Waals surface area contributed by atoms with E-state index in [9.17, 15) is 9.59 Å². The highest BCUT2D eigenvalue weighted by Gasteiger charge is 2.25. The molecule has 142 valence electrons. The van der Waals surface area contributed by atoms with Crippen molar-refractivity contribution < 1.29 is 14.3 Å². The fourth-order valence-corrected chi connectivity index (χ4v) is 3.06. The third-order valence-electron chi connectivity index (χ3n) is 4.85. The monoisotopic (exact) mass is 375 g/mol. The van der Waals surface area contributed by atoms with Crippen LogP contribution in [0, 0.1) is 6.92 Å². The highest BCUT2D eigenvalue weighted by Crippen LogP contribution is 2.26. The lowest BCUT2D eigenvalue weighted by atomic mass is 10.1. The summed E-state index contributed by atoms with van der Waals surface area (Å²) in [6.45, 7) is 1.98. The van der Waals surface area contributed by atoms with Crippen molar-refractivity contribution in [1.82, 2.24) is 10.3 Å². The molecule has 0 unspecified atom stereocenters. The number of nitrogens with zero attached hydrogens (tertiary/aromatic N) is 1. The highest BCUT2D eigenvalue weighted by molar-refractivity contribution is 6.10. The van der Waals surface area contributed by atoms with Crippen LogP contribution in [0.3, 0.4) is 0 Å². The molecule has 28 heavy (non-hydrogen) atoms. The van der Waals surface area contributed by atoms with E-state index in [0.29, 0.717) is 22.6 Å². The van der Waals surface area contributed by atoms with E-state index in [1.807, 2.05) is 25.1 Å². The molecule has 1 aliphatic rings. The van der Waals surface area contributed by atoms with Gasteiger partial charge in [0, 0.05) is 23.2 Å². The first-order valence-electron chi connectivity index (χ1n) is 9.21. The van der Waals surface area contributed by atoms with Gasteiger partial charge in [-0.25, -0.2) is 0 Å². The fourth-order valence-electron chi connectivity index (χ4n) is 3.06. The number of nitrogens with one attached hydrogen (secondary N) is 2. The summed E-state index contributed by atoms with van der Waals surface area (Å²) >= 11 is 0. The number of aryl methyl sites for hydroxylation is 1. The molecule has 1 aliphatic carbocycles. The maximum Gasteiger partial charge on any atom is 0.255 e. The van der Waals surface area contributed by atoms with Gasteiger partial charge < -0.3 is 15.4 Å². The first-order chi connectivity index (χ1) is 13.5. The molecule has 6 heteroatoms. The van der Waals surface area contributed by atoms with Crippen LogP contribution in [0.25, 0.3) is 10.9 Å². The zero-order valence-electron chi connectivity index (χ0n) is 15.8. The quantitative estimate of drug-likeness (QED) is 0.713. The van der Waals surface area contributed by atoms with Crippen LogP contribution in [-0.4, -0.2) is 29.9 Å². The van der Waals surface area contributed by atoms with Crippen LogP contribution in [0.5, 0.6) is 5.75 Å². The smallest absolute Gasteiger partial charge is 0.255 e. The fraction of sp³-hybridized carbons (Fsp3) is 0.227. The Labute approximate surface area is 162 Å². The molecule has 0 bridgehead atoms. The molecule has 2 amide bonds. The molecule has 2 N–H and O–H groups in total. The predicted molar refractivity (Wildman–Crippen MR) is 108 cm³/mol. The number of methoxy groups -OCH3 is 1. The molecule has 0 radical (unpaired) electrons. The summed E-state index contributed by atoms with van der Waals surface area (Å²) in [4.78, 5) is 29.8. The summed E-state index contributed by atoms with van der Waals surface area (Å²) in [5.74, 6) is 0.0670. The Kier molecular flexibility index (Phi) is 4.69. The van der Waals surface area contributed by atoms with Crippen LogP contribution in [0.2, 0.25) is 0 Å². The molecule has 1 heterocycles. The molecular weight excluding hydrogens is 354 g/mol. The average molecular weight is 375 g/mol. The maximum absolute atomic E-state index is 12.8. The van der Waals surface area contributed by atoms with Gasteiger partial charge in [0.25, 0.3) is 11.8 Å². The van der Waals surface area contributed by atoms with Crippen molar-refractivity contribution >= 4 is 28.4 Å². The Hall–Kier alpha value is -3.41. The van der Waals surface area contributed by atoms with Crippen molar-refractivity contribution in [3.8, 4) is 5.75 Å². The Morgan fingerprint density at radius 2 is 1.89 bits per heavy atom. The zero-order valence-corrected chi connectivity index (χ0v) is 15.8. The van der Waals surface area contributed by atoms with Crippen molar-refractivity contribution in [3.05, 3.63) is 65.4 Å². The summed E-state index contributed by atoms with van der Waals surface area (Å²) in [5, 5.41) is 6.74. The number of ether oxygens (including phenoxy) is 1. The van der Waals surface area contributed by atoms with Crippen molar-refractivity contribution in [2.45, 2.75) is 25.8 Å². The molecule has 0 atom stereocenters. The largest absolute Gasteiger partial charge is 0.497 e. The lowest BCUT2D eigenvalue weighted by molar-refractivity contribution is 0.0951. The number of rotatable bonds is 5. The van der Waals surface area contributed by atoms with Crippen molar-refractivity contribution in [2.75, 3.05) is 12.4 Å². The van der Waals surface area contributed by atoms with Gasteiger partial charge in [-0.1, -0.05) is 0 Å². The van der Waals surface area contributed by atoms with E-state index in [4.69, 9.17) is 4.74 Å². The van der Waals surface area contributed by atoms with E-state index in [1.165, 1.54) is 0 Å². The second-order valence-corrected chi connectivity index (χ2v) is 6.97. The highest BCUT2D eigenvalue weighted by atomic mass is 16.5. The molecule has 4 rings (SSSR count). The van der Waals surface area contributed by atoms with Crippen molar-refractivity contribution in [1.29, 1.82) is 0 Å². The zero-order chi connectivity index (χ0) is 19.7. The number of fused-ring (bicyclic) bond motifs is 1. The van der Waals surface area contributed by atoms with Crippen LogP contribution in [0.1, 0.15) is 39.1 Å². The van der Waals surface area contributed by atoms with Gasteiger partial charge in [0.05, 0.1) is 23.9 Å². The third kappa shape index (κ3) is 3.67. The Balaban J connectivity index is 1.63. The number of benzene rings is 2. The van der Waals surface area contributed by atoms with Crippen LogP contribution in [-0.2, 0) is 0 Å². The summed E-state index contributed by atoms with van der Waals surface area (Å²) in [6, 6.07) is 12.6. The van der Waals surface area contributed by atoms with E-state index in [-0.39, 0.29) is 17.9 Å². The van der Waals surface area contributed by atoms with Gasteiger partial charge in [-0.05, 0) is 67.8 Å². The Morgan fingerprint density at radius 3 is 2.64 bits per heavy atom. The van der Waals surface area contributed by atoms with Crippen molar-refractivity contribution in [2.24, 2.45) is 0 Å². The number of amides is 2. The molecule has 1 saturated carbocycles. The average Bonchev–Trinajstić information content (AvgIpc) is 3.52. The molecule has 0 aliphatic heterocycles. The minimum absolute atomic E-state index is 0.213. The van der Waals surface area contributed by atoms with Gasteiger partial charge in [0.15, 0.2) is 0 Å². The van der Waals surface area contributed by atoms with Crippen LogP contribution in [0.4, 0.5) is 5.69 Å². The first kappa shape index (κ1) is 18.0. The van der Waals surface area contributed by atoms with E-state index in [0.717, 1.165) is 29.3 Å². The maximum atomic E-state index is 12.8. The van der Waals surface area contributed by atoms with E-state index in [2.05, 4.69) is 15.6 Å². The second kappa shape index (κ2) is 7.31. The summed E-state index contributed by atoms with van der Waals surface area (Å²) in [7, 11) is 1.54. The van der Waals surface area contributed by atoms with Gasteiger partial charge in [0.1, 0.15) is 5.75 Å². The minimum Gasteiger partial charge on any atom is -0.497 e. The van der Waals surface area contributed by atoms with Crippen molar-refractivity contribution in [3.63, 3.8) is 0 Å². The van der Waals surface area contributed by atoms with Crippen LogP contribution >= 0.6 is 0 Å². The lowest BCUT2D eigenvalue weighted by Gasteiger charge is -2.13. The van der Waals surface area contributed by atoms with Gasteiger partial charge in [-0.2, -0.15) is 0 Å². The Bertz CT molecular complexity index is 1070. The predicted octanol–water partition coefficient (Wildman–Crippen LogP) is 3.70. The third-order valence-corrected chi connectivity index (χ3v) is 4.85. The van der Waals surface area contributed by atoms with E-state index < -0.39 is 0 Å². The second-order valence-electron chi connectivity index (χ2n) is 6.97. The van der Waals surface area contributed by atoms with E-state index >= 15 is 0 Å². The standard InChI is InChI=1S/C22H21N3O3/c1-13-9-10-23-19-7-3-14(11-17(13)19)21(26)25-20-8-6-16(28-2)12-18(20)22(27)24-15-4-5-15/h3,6-12,15H,4-5H2,1-2H3,(H,24,27)(H,25,26). The van der Waals surface area contributed by atoms with Crippen LogP contribution in [0.15, 0.2) is 48.7 Å². The molecule has 2 aromatic carbocycles. The number of aromatic nitrogens is 1. The number of carbonyl (C=O) groups excluding carboxylic acids is 2. The lowest BCUT2D eigenvalue weighted by Crippen LogP contribution is -2.27. The van der Waals surface area contributed by atoms with Crippen LogP contribution < -0.4 is 15.4 Å². The minimum atomic E-state index is -0.282. The Morgan fingerprint density at radius 1 is 1.07 bits per heavy atom. The number of anilines is 1. The molecular formula is C22H21N3O3. The molecule has 0 saturated heterocycles. The topological polar surface area (TPSA) is 80.3 Å². The number of hydrogen-bond donors (Lipinski definition) is 2. The van der Waals surface area contributed by atoms with Gasteiger partial charge in [-0.3, -0.25) is 14.6 Å². The summed E-state index contributed by atoms with van der Waals surface area (Å²) in [5.41, 5.74) is 3.23. The molecule has 0 spiro atoms. The SMILES string of the molecule is COc1ccc(NC(=O)c2ccc3nccc(C)c3c2)c(C(=O)NC2CC2)c1. The summed E-state index contributed by atoms with van der Waals surface area (Å²) in [6.07, 6.45) is 3.73. The first-order valence-corrected chi connectivity index (χ1v) is 9.21. The van der Waals surface area contributed by atoms with E-state index in [1.54, 1.807) is 37.6 Å². The van der Waals surface area contributed by atoms with Gasteiger partial charge >= 0.3 is 0 Å². The normalized spacial score (nSPS) is 13.2. The molecule has 3 aromatic rings. The molecule has 1 aromatic heterocycles. The molecule has 1 fully saturated rings. The van der Waals surface area contributed by atoms with Gasteiger partial charge in [-0.15, -0.1) is 0 Å². The molecule has 6 nitrogen and oxygen atoms in total. The summed E-state index contributed by atoms with van der Waals surface area (Å²) < 4.78 is 5.23. The van der Waals surface area contributed by atoms with Gasteiger partial charge in [0.2, 0.25) is 0 Å².